The van der Waals surface area contributed by atoms with Crippen LogP contribution in [0.3, 0.4) is 0 Å². The summed E-state index contributed by atoms with van der Waals surface area (Å²) < 4.78 is 10.2. The zero-order chi connectivity index (χ0) is 13.8. The Hall–Kier alpha value is -1.88. The molecule has 2 atom stereocenters. The SMILES string of the molecule is CCC(C(=O)OC)C(NC)c1ccc2ncoc2c1. The van der Waals surface area contributed by atoms with Crippen molar-refractivity contribution in [1.82, 2.24) is 10.3 Å². The molecule has 0 aliphatic heterocycles. The Balaban J connectivity index is 2.36. The van der Waals surface area contributed by atoms with E-state index < -0.39 is 0 Å². The Kier molecular flexibility index (Phi) is 4.16. The van der Waals surface area contributed by atoms with E-state index in [0.717, 1.165) is 16.7 Å². The smallest absolute Gasteiger partial charge is 0.310 e. The lowest BCUT2D eigenvalue weighted by atomic mass is 9.91. The van der Waals surface area contributed by atoms with Crippen LogP contribution in [0.15, 0.2) is 29.0 Å². The van der Waals surface area contributed by atoms with Crippen molar-refractivity contribution in [1.29, 1.82) is 0 Å². The summed E-state index contributed by atoms with van der Waals surface area (Å²) in [6, 6.07) is 5.65. The predicted molar refractivity (Wildman–Crippen MR) is 71.6 cm³/mol. The Morgan fingerprint density at radius 3 is 2.95 bits per heavy atom. The van der Waals surface area contributed by atoms with Crippen LogP contribution in [-0.2, 0) is 9.53 Å². The fourth-order valence-corrected chi connectivity index (χ4v) is 2.36. The maximum Gasteiger partial charge on any atom is 0.310 e. The van der Waals surface area contributed by atoms with E-state index in [1.807, 2.05) is 32.2 Å². The van der Waals surface area contributed by atoms with Gasteiger partial charge in [0.2, 0.25) is 0 Å². The van der Waals surface area contributed by atoms with Crippen molar-refractivity contribution in [3.63, 3.8) is 0 Å². The average molecular weight is 262 g/mol. The first-order chi connectivity index (χ1) is 9.21. The summed E-state index contributed by atoms with van der Waals surface area (Å²) in [6.45, 7) is 1.97. The molecule has 2 aromatic rings. The average Bonchev–Trinajstić information content (AvgIpc) is 2.91. The maximum atomic E-state index is 11.8. The number of carbonyl (C=O) groups excluding carboxylic acids is 1. The van der Waals surface area contributed by atoms with Crippen LogP contribution in [-0.4, -0.2) is 25.1 Å². The Bertz CT molecular complexity index is 565. The van der Waals surface area contributed by atoms with Crippen molar-refractivity contribution < 1.29 is 13.9 Å². The number of ether oxygens (including phenoxy) is 1. The number of fused-ring (bicyclic) bond motifs is 1. The number of oxazole rings is 1. The standard InChI is InChI=1S/C14H18N2O3/c1-4-10(14(17)18-3)13(15-2)9-5-6-11-12(7-9)19-8-16-11/h5-8,10,13,15H,4H2,1-3H3. The number of esters is 1. The summed E-state index contributed by atoms with van der Waals surface area (Å²) in [5.74, 6) is -0.435. The van der Waals surface area contributed by atoms with Crippen molar-refractivity contribution in [2.45, 2.75) is 19.4 Å². The van der Waals surface area contributed by atoms with Crippen molar-refractivity contribution in [2.24, 2.45) is 5.92 Å². The molecular weight excluding hydrogens is 244 g/mol. The molecule has 5 heteroatoms. The van der Waals surface area contributed by atoms with E-state index in [4.69, 9.17) is 9.15 Å². The van der Waals surface area contributed by atoms with Gasteiger partial charge in [-0.25, -0.2) is 4.98 Å². The molecule has 0 saturated heterocycles. The first kappa shape index (κ1) is 13.5. The summed E-state index contributed by atoms with van der Waals surface area (Å²) in [5, 5.41) is 3.18. The molecule has 0 aliphatic carbocycles. The van der Waals surface area contributed by atoms with Crippen LogP contribution < -0.4 is 5.32 Å². The van der Waals surface area contributed by atoms with Gasteiger partial charge in [0.25, 0.3) is 0 Å². The minimum atomic E-state index is -0.227. The van der Waals surface area contributed by atoms with E-state index >= 15 is 0 Å². The molecule has 1 heterocycles. The van der Waals surface area contributed by atoms with Crippen LogP contribution in [0.2, 0.25) is 0 Å². The van der Waals surface area contributed by atoms with Gasteiger partial charge in [0.1, 0.15) is 5.52 Å². The zero-order valence-corrected chi connectivity index (χ0v) is 11.3. The largest absolute Gasteiger partial charge is 0.469 e. The number of aromatic nitrogens is 1. The Morgan fingerprint density at radius 1 is 1.53 bits per heavy atom. The maximum absolute atomic E-state index is 11.8. The highest BCUT2D eigenvalue weighted by Gasteiger charge is 2.28. The lowest BCUT2D eigenvalue weighted by Crippen LogP contribution is -2.31. The van der Waals surface area contributed by atoms with Gasteiger partial charge in [-0.05, 0) is 31.2 Å². The molecule has 1 aromatic heterocycles. The molecule has 5 nitrogen and oxygen atoms in total. The van der Waals surface area contributed by atoms with E-state index in [2.05, 4.69) is 10.3 Å². The van der Waals surface area contributed by atoms with Gasteiger partial charge in [-0.15, -0.1) is 0 Å². The first-order valence-electron chi connectivity index (χ1n) is 6.29. The third-order valence-electron chi connectivity index (χ3n) is 3.37. The molecule has 19 heavy (non-hydrogen) atoms. The highest BCUT2D eigenvalue weighted by molar-refractivity contribution is 5.75. The molecule has 1 N–H and O–H groups in total. The predicted octanol–water partition coefficient (Wildman–Crippen LogP) is 2.29. The molecule has 102 valence electrons. The van der Waals surface area contributed by atoms with Crippen molar-refractivity contribution in [2.75, 3.05) is 14.2 Å². The topological polar surface area (TPSA) is 64.4 Å². The van der Waals surface area contributed by atoms with Crippen molar-refractivity contribution in [3.05, 3.63) is 30.2 Å². The van der Waals surface area contributed by atoms with Crippen LogP contribution >= 0.6 is 0 Å². The molecular formula is C14H18N2O3. The first-order valence-corrected chi connectivity index (χ1v) is 6.29. The number of benzene rings is 1. The molecule has 1 aromatic carbocycles. The summed E-state index contributed by atoms with van der Waals surface area (Å²) in [6.07, 6.45) is 2.12. The van der Waals surface area contributed by atoms with E-state index in [1.165, 1.54) is 13.5 Å². The number of hydrogen-bond donors (Lipinski definition) is 1. The zero-order valence-electron chi connectivity index (χ0n) is 11.3. The fourth-order valence-electron chi connectivity index (χ4n) is 2.36. The second-order valence-electron chi connectivity index (χ2n) is 4.38. The van der Waals surface area contributed by atoms with Crippen LogP contribution in [0.1, 0.15) is 24.9 Å². The van der Waals surface area contributed by atoms with Crippen molar-refractivity contribution in [3.8, 4) is 0 Å². The molecule has 0 radical (unpaired) electrons. The second-order valence-corrected chi connectivity index (χ2v) is 4.38. The van der Waals surface area contributed by atoms with Gasteiger partial charge in [-0.2, -0.15) is 0 Å². The van der Waals surface area contributed by atoms with E-state index in [-0.39, 0.29) is 17.9 Å². The van der Waals surface area contributed by atoms with Gasteiger partial charge >= 0.3 is 5.97 Å². The lowest BCUT2D eigenvalue weighted by molar-refractivity contribution is -0.146. The molecule has 0 amide bonds. The summed E-state index contributed by atoms with van der Waals surface area (Å²) in [7, 11) is 3.25. The van der Waals surface area contributed by atoms with Gasteiger partial charge in [-0.3, -0.25) is 4.79 Å². The minimum absolute atomic E-state index is 0.105. The normalized spacial score (nSPS) is 14.3. The van der Waals surface area contributed by atoms with E-state index in [1.54, 1.807) is 0 Å². The van der Waals surface area contributed by atoms with Crippen LogP contribution in [0.4, 0.5) is 0 Å². The molecule has 2 rings (SSSR count). The molecule has 0 aliphatic rings. The van der Waals surface area contributed by atoms with Gasteiger partial charge in [0.05, 0.1) is 13.0 Å². The summed E-state index contributed by atoms with van der Waals surface area (Å²) in [5.41, 5.74) is 2.52. The van der Waals surface area contributed by atoms with Crippen molar-refractivity contribution >= 4 is 17.1 Å². The number of methoxy groups -OCH3 is 1. The number of hydrogen-bond acceptors (Lipinski definition) is 5. The fraction of sp³-hybridized carbons (Fsp3) is 0.429. The van der Waals surface area contributed by atoms with E-state index in [9.17, 15) is 4.79 Å². The number of nitrogens with zero attached hydrogens (tertiary/aromatic N) is 1. The summed E-state index contributed by atoms with van der Waals surface area (Å²) >= 11 is 0. The molecule has 0 fully saturated rings. The van der Waals surface area contributed by atoms with Gasteiger partial charge < -0.3 is 14.5 Å². The number of carbonyl (C=O) groups is 1. The highest BCUT2D eigenvalue weighted by Crippen LogP contribution is 2.27. The Morgan fingerprint density at radius 2 is 2.32 bits per heavy atom. The highest BCUT2D eigenvalue weighted by atomic mass is 16.5. The molecule has 0 bridgehead atoms. The quantitative estimate of drug-likeness (QED) is 0.837. The number of nitrogens with one attached hydrogen (secondary N) is 1. The van der Waals surface area contributed by atoms with Crippen LogP contribution in [0.25, 0.3) is 11.1 Å². The lowest BCUT2D eigenvalue weighted by Gasteiger charge is -2.24. The molecule has 0 saturated carbocycles. The molecule has 0 spiro atoms. The monoisotopic (exact) mass is 262 g/mol. The summed E-state index contributed by atoms with van der Waals surface area (Å²) in [4.78, 5) is 15.9. The van der Waals surface area contributed by atoms with E-state index in [0.29, 0.717) is 6.42 Å². The van der Waals surface area contributed by atoms with Gasteiger partial charge in [0, 0.05) is 6.04 Å². The van der Waals surface area contributed by atoms with Gasteiger partial charge in [-0.1, -0.05) is 13.0 Å². The number of rotatable bonds is 5. The second kappa shape index (κ2) is 5.84. The third kappa shape index (κ3) is 2.61. The minimum Gasteiger partial charge on any atom is -0.469 e. The van der Waals surface area contributed by atoms with Gasteiger partial charge in [0.15, 0.2) is 12.0 Å². The third-order valence-corrected chi connectivity index (χ3v) is 3.37. The molecule has 2 unspecified atom stereocenters. The van der Waals surface area contributed by atoms with Crippen LogP contribution in [0, 0.1) is 5.92 Å². The van der Waals surface area contributed by atoms with Crippen LogP contribution in [0.5, 0.6) is 0 Å². The Labute approximate surface area is 112 Å².